The summed E-state index contributed by atoms with van der Waals surface area (Å²) < 4.78 is 13.2. The van der Waals surface area contributed by atoms with Gasteiger partial charge in [0.15, 0.2) is 5.11 Å². The van der Waals surface area contributed by atoms with Crippen LogP contribution in [0.2, 0.25) is 0 Å². The number of ether oxygens (including phenoxy) is 2. The van der Waals surface area contributed by atoms with Gasteiger partial charge < -0.3 is 24.3 Å². The van der Waals surface area contributed by atoms with Crippen molar-refractivity contribution in [1.82, 2.24) is 19.8 Å². The van der Waals surface area contributed by atoms with Crippen molar-refractivity contribution in [2.45, 2.75) is 44.5 Å². The fourth-order valence-corrected chi connectivity index (χ4v) is 4.42. The number of hydrogen-bond acceptors (Lipinski definition) is 5. The van der Waals surface area contributed by atoms with E-state index in [-0.39, 0.29) is 30.7 Å². The summed E-state index contributed by atoms with van der Waals surface area (Å²) in [4.78, 5) is 18.7. The van der Waals surface area contributed by atoms with Crippen LogP contribution in [0.15, 0.2) is 42.7 Å². The maximum Gasteiger partial charge on any atom is 0.325 e. The van der Waals surface area contributed by atoms with Gasteiger partial charge in [0.1, 0.15) is 6.54 Å². The molecule has 2 fully saturated rings. The molecule has 2 aliphatic heterocycles. The Labute approximate surface area is 176 Å². The van der Waals surface area contributed by atoms with E-state index in [1.165, 1.54) is 0 Å². The Bertz CT molecular complexity index is 851. The molecular formula is C21H26N4O3S. The molecule has 4 rings (SSSR count). The van der Waals surface area contributed by atoms with Gasteiger partial charge in [0.05, 0.1) is 30.5 Å². The highest BCUT2D eigenvalue weighted by Crippen LogP contribution is 2.38. The topological polar surface area (TPSA) is 68.6 Å². The van der Waals surface area contributed by atoms with Crippen molar-refractivity contribution < 1.29 is 14.3 Å². The lowest BCUT2D eigenvalue weighted by Gasteiger charge is -2.28. The number of carbonyl (C=O) groups is 1. The molecule has 0 aromatic carbocycles. The molecule has 0 amide bonds. The van der Waals surface area contributed by atoms with Crippen LogP contribution in [0.25, 0.3) is 0 Å². The predicted octanol–water partition coefficient (Wildman–Crippen LogP) is 2.60. The zero-order chi connectivity index (χ0) is 20.2. The fourth-order valence-electron chi connectivity index (χ4n) is 4.11. The number of hydrogen-bond donors (Lipinski definition) is 1. The van der Waals surface area contributed by atoms with E-state index in [0.29, 0.717) is 11.7 Å². The van der Waals surface area contributed by atoms with E-state index in [1.807, 2.05) is 29.2 Å². The SMILES string of the molecule is CCOC(=O)CN1C(=S)N[C@H](c2ccccn2)[C@@H]1c1cccn1C[C@H]1CCCO1. The first-order valence-electron chi connectivity index (χ1n) is 10.1. The molecule has 1 N–H and O–H groups in total. The van der Waals surface area contributed by atoms with Crippen molar-refractivity contribution >= 4 is 23.3 Å². The summed E-state index contributed by atoms with van der Waals surface area (Å²) >= 11 is 5.60. The van der Waals surface area contributed by atoms with Gasteiger partial charge in [0.25, 0.3) is 0 Å². The second-order valence-electron chi connectivity index (χ2n) is 7.28. The van der Waals surface area contributed by atoms with Crippen molar-refractivity contribution in [2.75, 3.05) is 19.8 Å². The first-order valence-corrected chi connectivity index (χ1v) is 10.5. The van der Waals surface area contributed by atoms with Crippen molar-refractivity contribution in [2.24, 2.45) is 0 Å². The van der Waals surface area contributed by atoms with Crippen LogP contribution in [0.1, 0.15) is 43.2 Å². The van der Waals surface area contributed by atoms with E-state index in [4.69, 9.17) is 21.7 Å². The third-order valence-corrected chi connectivity index (χ3v) is 5.75. The van der Waals surface area contributed by atoms with Crippen LogP contribution in [0.3, 0.4) is 0 Å². The van der Waals surface area contributed by atoms with Gasteiger partial charge in [0, 0.05) is 31.2 Å². The van der Waals surface area contributed by atoms with E-state index >= 15 is 0 Å². The monoisotopic (exact) mass is 414 g/mol. The van der Waals surface area contributed by atoms with Crippen LogP contribution < -0.4 is 5.32 Å². The fraction of sp³-hybridized carbons (Fsp3) is 0.476. The molecule has 29 heavy (non-hydrogen) atoms. The molecular weight excluding hydrogens is 388 g/mol. The molecule has 0 spiro atoms. The van der Waals surface area contributed by atoms with Gasteiger partial charge in [-0.25, -0.2) is 0 Å². The lowest BCUT2D eigenvalue weighted by atomic mass is 10.0. The molecule has 2 saturated heterocycles. The third-order valence-electron chi connectivity index (χ3n) is 5.39. The molecule has 4 heterocycles. The molecule has 3 atom stereocenters. The Kier molecular flexibility index (Phi) is 6.10. The number of nitrogens with zero attached hydrogens (tertiary/aromatic N) is 3. The molecule has 7 nitrogen and oxygen atoms in total. The highest BCUT2D eigenvalue weighted by Gasteiger charge is 2.42. The van der Waals surface area contributed by atoms with Gasteiger partial charge in [-0.05, 0) is 56.2 Å². The lowest BCUT2D eigenvalue weighted by Crippen LogP contribution is -2.36. The summed E-state index contributed by atoms with van der Waals surface area (Å²) in [5.74, 6) is -0.291. The molecule has 2 aromatic rings. The second kappa shape index (κ2) is 8.92. The molecule has 0 saturated carbocycles. The van der Waals surface area contributed by atoms with Crippen LogP contribution in [0.4, 0.5) is 0 Å². The van der Waals surface area contributed by atoms with Gasteiger partial charge in [-0.15, -0.1) is 0 Å². The standard InChI is InChI=1S/C21H26N4O3S/c1-2-27-18(26)14-25-20(19(23-21(25)29)16-8-3-4-10-22-16)17-9-5-11-24(17)13-15-7-6-12-28-15/h3-5,8-11,15,19-20H,2,6-7,12-14H2,1H3,(H,23,29)/t15-,19-,20+/m1/s1. The first kappa shape index (κ1) is 19.8. The van der Waals surface area contributed by atoms with E-state index < -0.39 is 0 Å². The predicted molar refractivity (Wildman–Crippen MR) is 112 cm³/mol. The Hall–Kier alpha value is -2.45. The van der Waals surface area contributed by atoms with Crippen LogP contribution in [0.5, 0.6) is 0 Å². The number of pyridine rings is 1. The lowest BCUT2D eigenvalue weighted by molar-refractivity contribution is -0.143. The zero-order valence-corrected chi connectivity index (χ0v) is 17.3. The summed E-state index contributed by atoms with van der Waals surface area (Å²) in [7, 11) is 0. The Morgan fingerprint density at radius 3 is 3.00 bits per heavy atom. The van der Waals surface area contributed by atoms with Crippen LogP contribution in [0, 0.1) is 0 Å². The Morgan fingerprint density at radius 1 is 1.38 bits per heavy atom. The van der Waals surface area contributed by atoms with Gasteiger partial charge in [-0.2, -0.15) is 0 Å². The number of esters is 1. The van der Waals surface area contributed by atoms with E-state index in [2.05, 4.69) is 27.1 Å². The van der Waals surface area contributed by atoms with Gasteiger partial charge in [-0.3, -0.25) is 9.78 Å². The number of carbonyl (C=O) groups excluding carboxylic acids is 1. The molecule has 0 unspecified atom stereocenters. The van der Waals surface area contributed by atoms with Crippen molar-refractivity contribution in [3.63, 3.8) is 0 Å². The molecule has 154 valence electrons. The normalized spacial score (nSPS) is 24.0. The van der Waals surface area contributed by atoms with Crippen molar-refractivity contribution in [1.29, 1.82) is 0 Å². The van der Waals surface area contributed by atoms with E-state index in [0.717, 1.165) is 37.4 Å². The maximum absolute atomic E-state index is 12.3. The molecule has 0 bridgehead atoms. The summed E-state index contributed by atoms with van der Waals surface area (Å²) in [5, 5.41) is 3.90. The minimum Gasteiger partial charge on any atom is -0.465 e. The molecule has 8 heteroatoms. The summed E-state index contributed by atoms with van der Waals surface area (Å²) in [5.41, 5.74) is 1.96. The molecule has 0 radical (unpaired) electrons. The van der Waals surface area contributed by atoms with Crippen LogP contribution >= 0.6 is 12.2 Å². The minimum atomic E-state index is -0.291. The quantitative estimate of drug-likeness (QED) is 0.552. The Morgan fingerprint density at radius 2 is 2.28 bits per heavy atom. The van der Waals surface area contributed by atoms with Crippen LogP contribution in [-0.4, -0.2) is 51.4 Å². The third kappa shape index (κ3) is 4.28. The summed E-state index contributed by atoms with van der Waals surface area (Å²) in [6, 6.07) is 9.63. The van der Waals surface area contributed by atoms with E-state index in [1.54, 1.807) is 13.1 Å². The highest BCUT2D eigenvalue weighted by atomic mass is 32.1. The zero-order valence-electron chi connectivity index (χ0n) is 16.5. The van der Waals surface area contributed by atoms with Crippen LogP contribution in [-0.2, 0) is 20.8 Å². The number of rotatable bonds is 7. The summed E-state index contributed by atoms with van der Waals surface area (Å²) in [6.07, 6.45) is 6.22. The average molecular weight is 415 g/mol. The maximum atomic E-state index is 12.3. The molecule has 2 aromatic heterocycles. The summed E-state index contributed by atoms with van der Waals surface area (Å²) in [6.45, 7) is 3.85. The van der Waals surface area contributed by atoms with Gasteiger partial charge in [-0.1, -0.05) is 6.07 Å². The smallest absolute Gasteiger partial charge is 0.325 e. The van der Waals surface area contributed by atoms with Crippen molar-refractivity contribution in [3.05, 3.63) is 54.1 Å². The van der Waals surface area contributed by atoms with Gasteiger partial charge >= 0.3 is 5.97 Å². The second-order valence-corrected chi connectivity index (χ2v) is 7.67. The number of thiocarbonyl (C=S) groups is 1. The largest absolute Gasteiger partial charge is 0.465 e. The number of nitrogens with one attached hydrogen (secondary N) is 1. The Balaban J connectivity index is 1.67. The minimum absolute atomic E-state index is 0.0960. The number of aromatic nitrogens is 2. The average Bonchev–Trinajstić information content (AvgIpc) is 3.45. The highest BCUT2D eigenvalue weighted by molar-refractivity contribution is 7.80. The first-order chi connectivity index (χ1) is 14.2. The van der Waals surface area contributed by atoms with E-state index in [9.17, 15) is 4.79 Å². The van der Waals surface area contributed by atoms with Gasteiger partial charge in [0.2, 0.25) is 0 Å². The van der Waals surface area contributed by atoms with Crippen molar-refractivity contribution in [3.8, 4) is 0 Å². The molecule has 0 aliphatic carbocycles. The molecule has 2 aliphatic rings.